The average Bonchev–Trinajstić information content (AvgIpc) is 3.14. The number of nitrogens with one attached hydrogen (secondary N) is 3. The van der Waals surface area contributed by atoms with Crippen LogP contribution in [-0.2, 0) is 17.7 Å². The highest BCUT2D eigenvalue weighted by molar-refractivity contribution is 5.79. The predicted molar refractivity (Wildman–Crippen MR) is 114 cm³/mol. The highest BCUT2D eigenvalue weighted by atomic mass is 16.5. The molecule has 0 bridgehead atoms. The molecule has 0 aromatic heterocycles. The molecular weight excluding hydrogens is 352 g/mol. The first-order valence-corrected chi connectivity index (χ1v) is 9.87. The molecule has 0 fully saturated rings. The van der Waals surface area contributed by atoms with Crippen molar-refractivity contribution in [2.24, 2.45) is 4.99 Å². The first-order valence-electron chi connectivity index (χ1n) is 9.87. The first kappa shape index (κ1) is 20.0. The molecule has 1 unspecified atom stereocenters. The fourth-order valence-corrected chi connectivity index (χ4v) is 3.12. The Morgan fingerprint density at radius 3 is 2.71 bits per heavy atom. The molecule has 6 nitrogen and oxygen atoms in total. The number of guanidine groups is 1. The molecule has 1 aliphatic rings. The smallest absolute Gasteiger partial charge is 0.191 e. The molecule has 0 saturated heterocycles. The predicted octanol–water partition coefficient (Wildman–Crippen LogP) is 2.80. The van der Waals surface area contributed by atoms with E-state index in [1.165, 1.54) is 11.1 Å². The van der Waals surface area contributed by atoms with Gasteiger partial charge in [-0.05, 0) is 36.2 Å². The van der Waals surface area contributed by atoms with Gasteiger partial charge >= 0.3 is 0 Å². The fourth-order valence-electron chi connectivity index (χ4n) is 3.12. The van der Waals surface area contributed by atoms with E-state index in [4.69, 9.17) is 14.5 Å². The summed E-state index contributed by atoms with van der Waals surface area (Å²) < 4.78 is 11.0. The highest BCUT2D eigenvalue weighted by Crippen LogP contribution is 2.27. The van der Waals surface area contributed by atoms with Gasteiger partial charge in [0.25, 0.3) is 0 Å². The number of benzene rings is 2. The number of hydrogen-bond donors (Lipinski definition) is 3. The second kappa shape index (κ2) is 10.6. The van der Waals surface area contributed by atoms with Crippen molar-refractivity contribution < 1.29 is 9.47 Å². The van der Waals surface area contributed by atoms with Gasteiger partial charge in [0.1, 0.15) is 11.9 Å². The lowest BCUT2D eigenvalue weighted by Gasteiger charge is -2.15. The quantitative estimate of drug-likeness (QED) is 0.354. The van der Waals surface area contributed by atoms with E-state index in [0.717, 1.165) is 43.5 Å². The van der Waals surface area contributed by atoms with E-state index in [0.29, 0.717) is 13.2 Å². The van der Waals surface area contributed by atoms with E-state index in [-0.39, 0.29) is 6.10 Å². The number of nitrogens with zero attached hydrogens (tertiary/aromatic N) is 1. The zero-order chi connectivity index (χ0) is 19.6. The number of rotatable bonds is 9. The maximum atomic E-state index is 5.99. The zero-order valence-electron chi connectivity index (χ0n) is 16.7. The molecule has 2 aromatic rings. The molecule has 0 saturated carbocycles. The Labute approximate surface area is 167 Å². The lowest BCUT2D eigenvalue weighted by molar-refractivity contribution is 0.211. The van der Waals surface area contributed by atoms with Crippen LogP contribution in [0.25, 0.3) is 0 Å². The van der Waals surface area contributed by atoms with Crippen molar-refractivity contribution in [1.29, 1.82) is 0 Å². The Morgan fingerprint density at radius 2 is 1.96 bits per heavy atom. The van der Waals surface area contributed by atoms with E-state index in [2.05, 4.69) is 59.3 Å². The molecule has 1 aliphatic heterocycles. The average molecular weight is 383 g/mol. The topological polar surface area (TPSA) is 66.9 Å². The van der Waals surface area contributed by atoms with Crippen LogP contribution in [-0.4, -0.2) is 45.4 Å². The number of methoxy groups -OCH3 is 1. The molecule has 1 heterocycles. The zero-order valence-corrected chi connectivity index (χ0v) is 16.7. The van der Waals surface area contributed by atoms with Crippen molar-refractivity contribution in [3.8, 4) is 5.75 Å². The third-order valence-corrected chi connectivity index (χ3v) is 4.56. The molecule has 6 heteroatoms. The monoisotopic (exact) mass is 382 g/mol. The Balaban J connectivity index is 1.49. The third kappa shape index (κ3) is 5.89. The SMILES string of the molecule is CCNC(=NCc1ccc(NCCOC)cc1)NCC1Cc2ccccc2O1. The van der Waals surface area contributed by atoms with Gasteiger partial charge in [0.05, 0.1) is 19.7 Å². The Kier molecular flexibility index (Phi) is 7.55. The van der Waals surface area contributed by atoms with Crippen molar-refractivity contribution >= 4 is 11.6 Å². The highest BCUT2D eigenvalue weighted by Gasteiger charge is 2.22. The van der Waals surface area contributed by atoms with Crippen LogP contribution in [0.4, 0.5) is 5.69 Å². The van der Waals surface area contributed by atoms with Crippen molar-refractivity contribution in [2.45, 2.75) is 26.0 Å². The van der Waals surface area contributed by atoms with Crippen molar-refractivity contribution in [2.75, 3.05) is 38.7 Å². The summed E-state index contributed by atoms with van der Waals surface area (Å²) in [4.78, 5) is 4.70. The molecule has 2 aromatic carbocycles. The molecule has 28 heavy (non-hydrogen) atoms. The fraction of sp³-hybridized carbons (Fsp3) is 0.409. The molecule has 0 amide bonds. The minimum absolute atomic E-state index is 0.138. The largest absolute Gasteiger partial charge is 0.488 e. The number of ether oxygens (including phenoxy) is 2. The lowest BCUT2D eigenvalue weighted by atomic mass is 10.1. The molecule has 0 aliphatic carbocycles. The molecule has 150 valence electrons. The number of hydrogen-bond acceptors (Lipinski definition) is 4. The number of fused-ring (bicyclic) bond motifs is 1. The normalized spacial score (nSPS) is 15.6. The standard InChI is InChI=1S/C22H30N4O2/c1-3-23-22(26-16-20-14-18-6-4-5-7-21(18)28-20)25-15-17-8-10-19(11-9-17)24-12-13-27-2/h4-11,20,24H,3,12-16H2,1-2H3,(H2,23,25,26). The minimum atomic E-state index is 0.138. The molecular formula is C22H30N4O2. The van der Waals surface area contributed by atoms with Gasteiger partial charge in [-0.15, -0.1) is 0 Å². The summed E-state index contributed by atoms with van der Waals surface area (Å²) in [7, 11) is 1.70. The van der Waals surface area contributed by atoms with Crippen molar-refractivity contribution in [1.82, 2.24) is 10.6 Å². The summed E-state index contributed by atoms with van der Waals surface area (Å²) in [6.45, 7) is 5.73. The van der Waals surface area contributed by atoms with E-state index in [1.54, 1.807) is 7.11 Å². The molecule has 3 rings (SSSR count). The van der Waals surface area contributed by atoms with Crippen LogP contribution >= 0.6 is 0 Å². The second-order valence-corrected chi connectivity index (χ2v) is 6.74. The van der Waals surface area contributed by atoms with Crippen LogP contribution in [0.1, 0.15) is 18.1 Å². The van der Waals surface area contributed by atoms with Gasteiger partial charge in [0.2, 0.25) is 0 Å². The van der Waals surface area contributed by atoms with Crippen molar-refractivity contribution in [3.63, 3.8) is 0 Å². The van der Waals surface area contributed by atoms with E-state index >= 15 is 0 Å². The maximum Gasteiger partial charge on any atom is 0.191 e. The van der Waals surface area contributed by atoms with Crippen molar-refractivity contribution in [3.05, 3.63) is 59.7 Å². The summed E-state index contributed by atoms with van der Waals surface area (Å²) in [6.07, 6.45) is 1.07. The van der Waals surface area contributed by atoms with Crippen LogP contribution < -0.4 is 20.7 Å². The van der Waals surface area contributed by atoms with Gasteiger partial charge in [-0.3, -0.25) is 0 Å². The van der Waals surface area contributed by atoms with Gasteiger partial charge < -0.3 is 25.4 Å². The van der Waals surface area contributed by atoms with Crippen LogP contribution in [0.15, 0.2) is 53.5 Å². The van der Waals surface area contributed by atoms with Gasteiger partial charge in [-0.25, -0.2) is 4.99 Å². The number of para-hydroxylation sites is 1. The Hall–Kier alpha value is -2.73. The molecule has 1 atom stereocenters. The molecule has 0 spiro atoms. The third-order valence-electron chi connectivity index (χ3n) is 4.56. The van der Waals surface area contributed by atoms with E-state index in [1.807, 2.05) is 12.1 Å². The van der Waals surface area contributed by atoms with E-state index in [9.17, 15) is 0 Å². The summed E-state index contributed by atoms with van der Waals surface area (Å²) in [6, 6.07) is 16.6. The summed E-state index contributed by atoms with van der Waals surface area (Å²) in [5, 5.41) is 10.0. The first-order chi connectivity index (χ1) is 13.8. The maximum absolute atomic E-state index is 5.99. The minimum Gasteiger partial charge on any atom is -0.488 e. The van der Waals surface area contributed by atoms with Gasteiger partial charge in [-0.1, -0.05) is 30.3 Å². The van der Waals surface area contributed by atoms with Gasteiger partial charge in [0.15, 0.2) is 5.96 Å². The number of anilines is 1. The Bertz CT molecular complexity index is 736. The molecule has 3 N–H and O–H groups in total. The Morgan fingerprint density at radius 1 is 1.14 bits per heavy atom. The second-order valence-electron chi connectivity index (χ2n) is 6.74. The lowest BCUT2D eigenvalue weighted by Crippen LogP contribution is -2.42. The van der Waals surface area contributed by atoms with Gasteiger partial charge in [0, 0.05) is 32.3 Å². The van der Waals surface area contributed by atoms with Crippen LogP contribution in [0, 0.1) is 0 Å². The van der Waals surface area contributed by atoms with Crippen LogP contribution in [0.2, 0.25) is 0 Å². The summed E-state index contributed by atoms with van der Waals surface area (Å²) in [5.41, 5.74) is 3.53. The number of aliphatic imine (C=N–C) groups is 1. The summed E-state index contributed by atoms with van der Waals surface area (Å²) >= 11 is 0. The summed E-state index contributed by atoms with van der Waals surface area (Å²) in [5.74, 6) is 1.81. The van der Waals surface area contributed by atoms with Crippen LogP contribution in [0.5, 0.6) is 5.75 Å². The van der Waals surface area contributed by atoms with E-state index < -0.39 is 0 Å². The van der Waals surface area contributed by atoms with Gasteiger partial charge in [-0.2, -0.15) is 0 Å². The molecule has 0 radical (unpaired) electrons. The van der Waals surface area contributed by atoms with Crippen LogP contribution in [0.3, 0.4) is 0 Å².